The Hall–Kier alpha value is -0.450. The lowest BCUT2D eigenvalue weighted by Gasteiger charge is -2.19. The summed E-state index contributed by atoms with van der Waals surface area (Å²) in [6, 6.07) is 1.73. The molecule has 1 amide bonds. The molecule has 0 aliphatic heterocycles. The Morgan fingerprint density at radius 1 is 1.50 bits per heavy atom. The first-order valence-electron chi connectivity index (χ1n) is 4.68. The highest BCUT2D eigenvalue weighted by Gasteiger charge is 2.16. The minimum Gasteiger partial charge on any atom is -0.444 e. The van der Waals surface area contributed by atoms with Crippen molar-refractivity contribution in [2.24, 2.45) is 0 Å². The summed E-state index contributed by atoms with van der Waals surface area (Å²) in [5.41, 5.74) is 0.294. The molecule has 1 N–H and O–H groups in total. The van der Waals surface area contributed by atoms with Crippen LogP contribution < -0.4 is 5.32 Å². The van der Waals surface area contributed by atoms with Gasteiger partial charge in [0.2, 0.25) is 0 Å². The molecule has 0 radical (unpaired) electrons. The number of thiophene rings is 1. The molecule has 1 aromatic heterocycles. The van der Waals surface area contributed by atoms with E-state index >= 15 is 0 Å². The van der Waals surface area contributed by atoms with Gasteiger partial charge in [-0.25, -0.2) is 4.79 Å². The van der Waals surface area contributed by atoms with Crippen LogP contribution in [0.3, 0.4) is 0 Å². The summed E-state index contributed by atoms with van der Waals surface area (Å²) in [7, 11) is 0. The Kier molecular flexibility index (Phi) is 4.47. The number of alkyl carbamates (subject to hydrolysis) is 1. The average molecular weight is 282 g/mol. The van der Waals surface area contributed by atoms with Gasteiger partial charge in [0.25, 0.3) is 0 Å². The van der Waals surface area contributed by atoms with Crippen molar-refractivity contribution in [3.05, 3.63) is 20.3 Å². The smallest absolute Gasteiger partial charge is 0.407 e. The second-order valence-electron chi connectivity index (χ2n) is 4.20. The fraction of sp³-hybridized carbons (Fsp3) is 0.500. The highest BCUT2D eigenvalue weighted by Crippen LogP contribution is 2.30. The minimum atomic E-state index is -0.500. The molecule has 0 aliphatic carbocycles. The van der Waals surface area contributed by atoms with Crippen LogP contribution in [0.2, 0.25) is 8.67 Å². The molecular weight excluding hydrogens is 269 g/mol. The zero-order valence-corrected chi connectivity index (χ0v) is 11.6. The summed E-state index contributed by atoms with van der Waals surface area (Å²) >= 11 is 13.0. The number of carbonyl (C=O) groups excluding carboxylic acids is 1. The van der Waals surface area contributed by atoms with E-state index in [0.29, 0.717) is 15.2 Å². The van der Waals surface area contributed by atoms with Gasteiger partial charge in [0.15, 0.2) is 0 Å². The first-order chi connectivity index (χ1) is 7.28. The third-order valence-corrected chi connectivity index (χ3v) is 3.12. The Labute approximate surface area is 109 Å². The van der Waals surface area contributed by atoms with Gasteiger partial charge in [0, 0.05) is 12.1 Å². The molecule has 0 spiro atoms. The van der Waals surface area contributed by atoms with Crippen LogP contribution in [0.1, 0.15) is 26.3 Å². The van der Waals surface area contributed by atoms with E-state index in [1.807, 2.05) is 0 Å². The van der Waals surface area contributed by atoms with Gasteiger partial charge < -0.3 is 10.1 Å². The van der Waals surface area contributed by atoms with Crippen molar-refractivity contribution in [2.45, 2.75) is 32.9 Å². The molecule has 0 atom stereocenters. The zero-order valence-electron chi connectivity index (χ0n) is 9.27. The number of amides is 1. The van der Waals surface area contributed by atoms with Crippen LogP contribution in [0.4, 0.5) is 4.79 Å². The average Bonchev–Trinajstić information content (AvgIpc) is 2.38. The maximum absolute atomic E-state index is 11.3. The van der Waals surface area contributed by atoms with Gasteiger partial charge in [-0.05, 0) is 26.8 Å². The quantitative estimate of drug-likeness (QED) is 0.887. The Balaban J connectivity index is 2.46. The Morgan fingerprint density at radius 2 is 2.12 bits per heavy atom. The van der Waals surface area contributed by atoms with Crippen molar-refractivity contribution < 1.29 is 9.53 Å². The van der Waals surface area contributed by atoms with Gasteiger partial charge in [-0.1, -0.05) is 23.2 Å². The highest BCUT2D eigenvalue weighted by atomic mass is 35.5. The Morgan fingerprint density at radius 3 is 2.56 bits per heavy atom. The van der Waals surface area contributed by atoms with Crippen molar-refractivity contribution in [1.29, 1.82) is 0 Å². The van der Waals surface area contributed by atoms with Gasteiger partial charge in [-0.15, -0.1) is 11.3 Å². The topological polar surface area (TPSA) is 38.3 Å². The van der Waals surface area contributed by atoms with E-state index in [1.54, 1.807) is 26.8 Å². The second-order valence-corrected chi connectivity index (χ2v) is 6.49. The number of carbonyl (C=O) groups is 1. The molecule has 1 rings (SSSR count). The van der Waals surface area contributed by atoms with Gasteiger partial charge in [0.05, 0.1) is 8.67 Å². The largest absolute Gasteiger partial charge is 0.444 e. The summed E-state index contributed by atoms with van der Waals surface area (Å²) < 4.78 is 6.27. The van der Waals surface area contributed by atoms with Crippen molar-refractivity contribution >= 4 is 40.6 Å². The normalized spacial score (nSPS) is 11.3. The summed E-state index contributed by atoms with van der Waals surface area (Å²) in [6.45, 7) is 5.74. The van der Waals surface area contributed by atoms with Crippen LogP contribution in [0, 0.1) is 0 Å². The van der Waals surface area contributed by atoms with Crippen LogP contribution >= 0.6 is 34.5 Å². The molecule has 0 saturated carbocycles. The van der Waals surface area contributed by atoms with E-state index < -0.39 is 11.7 Å². The number of hydrogen-bond donors (Lipinski definition) is 1. The highest BCUT2D eigenvalue weighted by molar-refractivity contribution is 7.20. The first-order valence-corrected chi connectivity index (χ1v) is 6.26. The lowest BCUT2D eigenvalue weighted by atomic mass is 10.2. The second kappa shape index (κ2) is 5.25. The van der Waals surface area contributed by atoms with Gasteiger partial charge in [0.1, 0.15) is 5.60 Å². The third kappa shape index (κ3) is 4.60. The molecule has 0 saturated heterocycles. The van der Waals surface area contributed by atoms with E-state index in [0.717, 1.165) is 5.56 Å². The van der Waals surface area contributed by atoms with Crippen LogP contribution in [0.5, 0.6) is 0 Å². The molecule has 0 aliphatic rings. The molecule has 1 aromatic rings. The molecule has 0 aromatic carbocycles. The van der Waals surface area contributed by atoms with Gasteiger partial charge >= 0.3 is 6.09 Å². The molecule has 0 unspecified atom stereocenters. The predicted molar refractivity (Wildman–Crippen MR) is 67.4 cm³/mol. The van der Waals surface area contributed by atoms with Crippen molar-refractivity contribution in [1.82, 2.24) is 5.32 Å². The lowest BCUT2D eigenvalue weighted by Crippen LogP contribution is -2.32. The Bertz CT molecular complexity index is 385. The monoisotopic (exact) mass is 281 g/mol. The number of rotatable bonds is 2. The molecule has 90 valence electrons. The number of ether oxygens (including phenoxy) is 1. The lowest BCUT2D eigenvalue weighted by molar-refractivity contribution is 0.0523. The molecule has 3 nitrogen and oxygen atoms in total. The molecule has 16 heavy (non-hydrogen) atoms. The van der Waals surface area contributed by atoms with Crippen molar-refractivity contribution in [3.8, 4) is 0 Å². The number of hydrogen-bond acceptors (Lipinski definition) is 3. The summed E-state index contributed by atoms with van der Waals surface area (Å²) in [5, 5.41) is 2.61. The van der Waals surface area contributed by atoms with Crippen LogP contribution in [-0.4, -0.2) is 11.7 Å². The third-order valence-electron chi connectivity index (χ3n) is 1.55. The molecular formula is C10H13Cl2NO2S. The minimum absolute atomic E-state index is 0.316. The van der Waals surface area contributed by atoms with E-state index in [9.17, 15) is 4.79 Å². The summed E-state index contributed by atoms with van der Waals surface area (Å²) in [5.74, 6) is 0. The first kappa shape index (κ1) is 13.6. The van der Waals surface area contributed by atoms with Gasteiger partial charge in [-0.2, -0.15) is 0 Å². The van der Waals surface area contributed by atoms with Crippen LogP contribution in [0.15, 0.2) is 6.07 Å². The SMILES string of the molecule is CC(C)(C)OC(=O)NCc1cc(Cl)sc1Cl. The maximum Gasteiger partial charge on any atom is 0.407 e. The molecule has 0 bridgehead atoms. The molecule has 1 heterocycles. The zero-order chi connectivity index (χ0) is 12.3. The van der Waals surface area contributed by atoms with E-state index in [2.05, 4.69) is 5.32 Å². The fourth-order valence-corrected chi connectivity index (χ4v) is 2.46. The van der Waals surface area contributed by atoms with E-state index in [1.165, 1.54) is 11.3 Å². The van der Waals surface area contributed by atoms with Gasteiger partial charge in [-0.3, -0.25) is 0 Å². The number of halogens is 2. The number of nitrogens with one attached hydrogen (secondary N) is 1. The van der Waals surface area contributed by atoms with E-state index in [4.69, 9.17) is 27.9 Å². The van der Waals surface area contributed by atoms with Crippen LogP contribution in [-0.2, 0) is 11.3 Å². The van der Waals surface area contributed by atoms with E-state index in [-0.39, 0.29) is 0 Å². The fourth-order valence-electron chi connectivity index (χ4n) is 0.976. The summed E-state index contributed by atoms with van der Waals surface area (Å²) in [6.07, 6.45) is -0.467. The van der Waals surface area contributed by atoms with Crippen molar-refractivity contribution in [2.75, 3.05) is 0 Å². The molecule has 0 fully saturated rings. The van der Waals surface area contributed by atoms with Crippen molar-refractivity contribution in [3.63, 3.8) is 0 Å². The van der Waals surface area contributed by atoms with Crippen LogP contribution in [0.25, 0.3) is 0 Å². The predicted octanol–water partition coefficient (Wildman–Crippen LogP) is 4.08. The summed E-state index contributed by atoms with van der Waals surface area (Å²) in [4.78, 5) is 11.3. The maximum atomic E-state index is 11.3. The molecule has 6 heteroatoms. The standard InChI is InChI=1S/C10H13Cl2NO2S/c1-10(2,3)15-9(14)13-5-6-4-7(11)16-8(6)12/h4H,5H2,1-3H3,(H,13,14).